The molecule has 7 rings (SSSR count). The van der Waals surface area contributed by atoms with Gasteiger partial charge in [-0.1, -0.05) is 42.9 Å². The van der Waals surface area contributed by atoms with Crippen LogP contribution in [-0.4, -0.2) is 148 Å². The van der Waals surface area contributed by atoms with Crippen LogP contribution < -0.4 is 14.5 Å². The standard InChI is InChI=1S/C32H44F2N10O3S2/c1-45-25-8-4-7-24-26(25)35-28(27(33)34)44(24)31-37-29(36-30(38-31)41-17-19-46-20-18-41)40-9-11-42(12-10-40)32(48)49-22-21-47-43-15-13-39(14-16-43)23-5-2-3-6-23/h4,7-8,23,27H,2-3,5-6,9-22H2,1H3. The summed E-state index contributed by atoms with van der Waals surface area (Å²) in [7, 11) is 1.49. The fourth-order valence-corrected chi connectivity index (χ4v) is 8.18. The van der Waals surface area contributed by atoms with Gasteiger partial charge in [-0.25, -0.2) is 13.8 Å². The SMILES string of the molecule is COc1cccc2c1nc(C(F)F)n2-c1nc(N2CCOCC2)nc(N2CCN(C(=S)SCCON3CCN(C4CCCC4)CC3)CC2)n1. The summed E-state index contributed by atoms with van der Waals surface area (Å²) in [6, 6.07) is 5.92. The number of morpholine rings is 1. The summed E-state index contributed by atoms with van der Waals surface area (Å²) in [6.45, 7) is 9.54. The Kier molecular flexibility index (Phi) is 11.2. The quantitative estimate of drug-likeness (QED) is 0.225. The predicted molar refractivity (Wildman–Crippen MR) is 189 cm³/mol. The number of aromatic nitrogens is 5. The second-order valence-electron chi connectivity index (χ2n) is 12.6. The normalized spacial score (nSPS) is 20.2. The van der Waals surface area contributed by atoms with E-state index in [1.165, 1.54) is 37.4 Å². The summed E-state index contributed by atoms with van der Waals surface area (Å²) in [5.41, 5.74) is 0.754. The zero-order valence-corrected chi connectivity index (χ0v) is 29.5. The highest BCUT2D eigenvalue weighted by Gasteiger charge is 2.29. The molecule has 0 radical (unpaired) electrons. The topological polar surface area (TPSA) is 100 Å². The van der Waals surface area contributed by atoms with Gasteiger partial charge in [-0.3, -0.25) is 14.3 Å². The molecule has 0 unspecified atom stereocenters. The molecule has 1 saturated carbocycles. The van der Waals surface area contributed by atoms with E-state index in [1.807, 2.05) is 4.90 Å². The van der Waals surface area contributed by atoms with Crippen LogP contribution in [0.3, 0.4) is 0 Å². The van der Waals surface area contributed by atoms with Crippen LogP contribution >= 0.6 is 24.0 Å². The number of methoxy groups -OCH3 is 1. The molecule has 49 heavy (non-hydrogen) atoms. The maximum Gasteiger partial charge on any atom is 0.296 e. The van der Waals surface area contributed by atoms with E-state index in [0.29, 0.717) is 87.8 Å². The lowest BCUT2D eigenvalue weighted by atomic mass is 10.2. The van der Waals surface area contributed by atoms with Gasteiger partial charge in [-0.2, -0.15) is 20.0 Å². The van der Waals surface area contributed by atoms with E-state index in [-0.39, 0.29) is 5.95 Å². The first-order chi connectivity index (χ1) is 24.0. The van der Waals surface area contributed by atoms with Gasteiger partial charge in [-0.15, -0.1) is 0 Å². The van der Waals surface area contributed by atoms with E-state index < -0.39 is 12.2 Å². The average Bonchev–Trinajstić information content (AvgIpc) is 3.83. The average molecular weight is 719 g/mol. The number of thiocarbonyl (C=S) groups is 1. The molecule has 1 aromatic carbocycles. The molecule has 3 aromatic rings. The van der Waals surface area contributed by atoms with Gasteiger partial charge in [0.1, 0.15) is 15.6 Å². The molecule has 3 aliphatic heterocycles. The van der Waals surface area contributed by atoms with E-state index in [9.17, 15) is 8.78 Å². The molecule has 0 N–H and O–H groups in total. The van der Waals surface area contributed by atoms with Crippen LogP contribution in [0.4, 0.5) is 20.7 Å². The smallest absolute Gasteiger partial charge is 0.296 e. The maximum absolute atomic E-state index is 14.4. The lowest BCUT2D eigenvalue weighted by Crippen LogP contribution is -2.49. The molecule has 13 nitrogen and oxygen atoms in total. The number of anilines is 2. The second-order valence-corrected chi connectivity index (χ2v) is 14.3. The molecule has 5 heterocycles. The number of halogens is 2. The maximum atomic E-state index is 14.4. The molecular formula is C32H44F2N10O3S2. The molecule has 4 aliphatic rings. The van der Waals surface area contributed by atoms with Crippen molar-refractivity contribution in [3.63, 3.8) is 0 Å². The number of thioether (sulfide) groups is 1. The summed E-state index contributed by atoms with van der Waals surface area (Å²) in [4.78, 5) is 33.5. The predicted octanol–water partition coefficient (Wildman–Crippen LogP) is 3.63. The van der Waals surface area contributed by atoms with Gasteiger partial charge in [0.2, 0.25) is 17.8 Å². The third-order valence-electron chi connectivity index (χ3n) is 9.70. The summed E-state index contributed by atoms with van der Waals surface area (Å²) in [6.07, 6.45) is 2.56. The first kappa shape index (κ1) is 34.5. The molecule has 4 fully saturated rings. The minimum atomic E-state index is -2.86. The number of alkyl halides is 2. The third-order valence-corrected chi connectivity index (χ3v) is 11.2. The Morgan fingerprint density at radius 1 is 0.898 bits per heavy atom. The number of imidazole rings is 1. The Hall–Kier alpha value is -2.96. The van der Waals surface area contributed by atoms with Crippen LogP contribution in [-0.2, 0) is 9.57 Å². The van der Waals surface area contributed by atoms with Crippen molar-refractivity contribution in [3.8, 4) is 11.7 Å². The Labute approximate surface area is 294 Å². The highest BCUT2D eigenvalue weighted by atomic mass is 32.2. The molecule has 266 valence electrons. The zero-order chi connectivity index (χ0) is 33.7. The Morgan fingerprint density at radius 2 is 1.57 bits per heavy atom. The first-order valence-corrected chi connectivity index (χ1v) is 18.6. The van der Waals surface area contributed by atoms with Crippen molar-refractivity contribution >= 4 is 51.2 Å². The molecule has 3 saturated heterocycles. The third kappa shape index (κ3) is 7.86. The molecule has 17 heteroatoms. The van der Waals surface area contributed by atoms with Crippen LogP contribution in [0, 0.1) is 0 Å². The number of rotatable bonds is 10. The van der Waals surface area contributed by atoms with Crippen LogP contribution in [0.15, 0.2) is 18.2 Å². The number of hydroxylamine groups is 2. The number of para-hydroxylation sites is 1. The minimum absolute atomic E-state index is 0.0889. The first-order valence-electron chi connectivity index (χ1n) is 17.2. The number of hydrogen-bond acceptors (Lipinski definition) is 13. The number of fused-ring (bicyclic) bond motifs is 1. The van der Waals surface area contributed by atoms with Crippen LogP contribution in [0.2, 0.25) is 0 Å². The van der Waals surface area contributed by atoms with Crippen molar-refractivity contribution in [2.75, 3.05) is 108 Å². The van der Waals surface area contributed by atoms with Crippen molar-refractivity contribution in [1.82, 2.24) is 39.4 Å². The van der Waals surface area contributed by atoms with Crippen molar-refractivity contribution in [1.29, 1.82) is 0 Å². The van der Waals surface area contributed by atoms with Crippen molar-refractivity contribution in [2.24, 2.45) is 0 Å². The molecule has 0 amide bonds. The van der Waals surface area contributed by atoms with E-state index in [0.717, 1.165) is 42.3 Å². The van der Waals surface area contributed by atoms with Crippen molar-refractivity contribution < 1.29 is 23.1 Å². The number of benzene rings is 1. The van der Waals surface area contributed by atoms with Gasteiger partial charge in [0.05, 0.1) is 32.4 Å². The zero-order valence-electron chi connectivity index (χ0n) is 27.9. The van der Waals surface area contributed by atoms with Crippen LogP contribution in [0.5, 0.6) is 5.75 Å². The van der Waals surface area contributed by atoms with E-state index in [4.69, 9.17) is 41.5 Å². The van der Waals surface area contributed by atoms with E-state index >= 15 is 0 Å². The van der Waals surface area contributed by atoms with Gasteiger partial charge in [0, 0.05) is 77.2 Å². The highest BCUT2D eigenvalue weighted by Crippen LogP contribution is 2.33. The Morgan fingerprint density at radius 3 is 2.24 bits per heavy atom. The molecule has 0 bridgehead atoms. The van der Waals surface area contributed by atoms with Crippen molar-refractivity contribution in [3.05, 3.63) is 24.0 Å². The van der Waals surface area contributed by atoms with Crippen LogP contribution in [0.25, 0.3) is 17.0 Å². The van der Waals surface area contributed by atoms with E-state index in [2.05, 4.69) is 24.7 Å². The van der Waals surface area contributed by atoms with Gasteiger partial charge in [0.25, 0.3) is 6.43 Å². The summed E-state index contributed by atoms with van der Waals surface area (Å²) in [5.74, 6) is 1.67. The second kappa shape index (κ2) is 15.9. The lowest BCUT2D eigenvalue weighted by molar-refractivity contribution is -0.174. The largest absolute Gasteiger partial charge is 0.494 e. The summed E-state index contributed by atoms with van der Waals surface area (Å²) >= 11 is 7.45. The molecule has 1 aliphatic carbocycles. The van der Waals surface area contributed by atoms with E-state index in [1.54, 1.807) is 30.0 Å². The van der Waals surface area contributed by atoms with Gasteiger partial charge >= 0.3 is 0 Å². The fourth-order valence-electron chi connectivity index (χ4n) is 7.05. The summed E-state index contributed by atoms with van der Waals surface area (Å²) in [5, 5.41) is 2.11. The van der Waals surface area contributed by atoms with Crippen molar-refractivity contribution in [2.45, 2.75) is 38.2 Å². The fraction of sp³-hybridized carbons (Fsp3) is 0.656. The lowest BCUT2D eigenvalue weighted by Gasteiger charge is -2.37. The highest BCUT2D eigenvalue weighted by molar-refractivity contribution is 8.22. The molecule has 2 aromatic heterocycles. The minimum Gasteiger partial charge on any atom is -0.494 e. The summed E-state index contributed by atoms with van der Waals surface area (Å²) < 4.78 is 42.0. The molecule has 0 atom stereocenters. The number of ether oxygens (including phenoxy) is 2. The number of piperazine rings is 2. The number of nitrogens with zero attached hydrogens (tertiary/aromatic N) is 10. The molecule has 0 spiro atoms. The Balaban J connectivity index is 0.991. The van der Waals surface area contributed by atoms with Gasteiger partial charge in [-0.05, 0) is 25.0 Å². The molecular weight excluding hydrogens is 675 g/mol. The monoisotopic (exact) mass is 718 g/mol. The number of hydrogen-bond donors (Lipinski definition) is 0. The van der Waals surface area contributed by atoms with Gasteiger partial charge < -0.3 is 24.2 Å². The Bertz CT molecular complexity index is 1570. The van der Waals surface area contributed by atoms with Gasteiger partial charge in [0.15, 0.2) is 5.82 Å². The van der Waals surface area contributed by atoms with Crippen LogP contribution in [0.1, 0.15) is 37.9 Å².